The van der Waals surface area contributed by atoms with Crippen molar-refractivity contribution in [2.45, 2.75) is 25.4 Å². The van der Waals surface area contributed by atoms with Gasteiger partial charge in [-0.15, -0.1) is 0 Å². The lowest BCUT2D eigenvalue weighted by Crippen LogP contribution is -2.53. The summed E-state index contributed by atoms with van der Waals surface area (Å²) >= 11 is 0. The van der Waals surface area contributed by atoms with E-state index in [0.717, 1.165) is 49.9 Å². The number of hydrogen-bond donors (Lipinski definition) is 0. The quantitative estimate of drug-likeness (QED) is 0.774. The molecule has 2 aliphatic heterocycles. The van der Waals surface area contributed by atoms with E-state index in [1.807, 2.05) is 37.3 Å². The van der Waals surface area contributed by atoms with Crippen LogP contribution in [-0.2, 0) is 4.79 Å². The number of amides is 1. The van der Waals surface area contributed by atoms with E-state index in [1.165, 1.54) is 5.01 Å². The number of benzene rings is 2. The summed E-state index contributed by atoms with van der Waals surface area (Å²) in [6.07, 6.45) is 0.339. The maximum absolute atomic E-state index is 14.4. The third-order valence-electron chi connectivity index (χ3n) is 6.00. The smallest absolute Gasteiger partial charge is 0.260 e. The molecule has 1 fully saturated rings. The summed E-state index contributed by atoms with van der Waals surface area (Å²) < 4.78 is 28.2. The second-order valence-corrected chi connectivity index (χ2v) is 8.00. The van der Waals surface area contributed by atoms with Gasteiger partial charge in [0.2, 0.25) is 0 Å². The van der Waals surface area contributed by atoms with Crippen LogP contribution in [0.5, 0.6) is 0 Å². The molecule has 0 radical (unpaired) electrons. The second kappa shape index (κ2) is 8.62. The fraction of sp³-hybridized carbons (Fsp3) is 0.391. The number of hydrazone groups is 1. The Morgan fingerprint density at radius 1 is 1.07 bits per heavy atom. The van der Waals surface area contributed by atoms with Crippen LogP contribution >= 0.6 is 0 Å². The van der Waals surface area contributed by atoms with Crippen LogP contribution in [0.15, 0.2) is 53.6 Å². The van der Waals surface area contributed by atoms with E-state index in [2.05, 4.69) is 21.9 Å². The molecule has 30 heavy (non-hydrogen) atoms. The number of hydrogen-bond acceptors (Lipinski definition) is 4. The monoisotopic (exact) mass is 412 g/mol. The Morgan fingerprint density at radius 3 is 2.47 bits per heavy atom. The van der Waals surface area contributed by atoms with Crippen LogP contribution in [0.1, 0.15) is 30.5 Å². The Morgan fingerprint density at radius 2 is 1.77 bits per heavy atom. The summed E-state index contributed by atoms with van der Waals surface area (Å²) in [6.45, 7) is 5.32. The summed E-state index contributed by atoms with van der Waals surface area (Å²) in [6, 6.07) is 12.2. The number of carbonyl (C=O) groups is 1. The van der Waals surface area contributed by atoms with Crippen LogP contribution in [-0.4, -0.2) is 65.7 Å². The SMILES string of the molecule is CC(C(=O)N1N=C(c2cc(F)ccc2F)CC1c1ccccc1)N1CCN(C)CC1. The summed E-state index contributed by atoms with van der Waals surface area (Å²) in [5.41, 5.74) is 1.42. The van der Waals surface area contributed by atoms with E-state index in [9.17, 15) is 13.6 Å². The van der Waals surface area contributed by atoms with Gasteiger partial charge in [-0.05, 0) is 37.7 Å². The molecule has 0 bridgehead atoms. The van der Waals surface area contributed by atoms with Gasteiger partial charge in [0.05, 0.1) is 17.8 Å². The highest BCUT2D eigenvalue weighted by atomic mass is 19.1. The van der Waals surface area contributed by atoms with Crippen LogP contribution in [0.4, 0.5) is 8.78 Å². The van der Waals surface area contributed by atoms with Gasteiger partial charge in [-0.1, -0.05) is 30.3 Å². The van der Waals surface area contributed by atoms with Crippen molar-refractivity contribution in [1.29, 1.82) is 0 Å². The van der Waals surface area contributed by atoms with Gasteiger partial charge in [-0.25, -0.2) is 13.8 Å². The van der Waals surface area contributed by atoms with Gasteiger partial charge in [0.15, 0.2) is 0 Å². The lowest BCUT2D eigenvalue weighted by atomic mass is 9.98. The zero-order valence-corrected chi connectivity index (χ0v) is 17.3. The van der Waals surface area contributed by atoms with Crippen LogP contribution in [0, 0.1) is 11.6 Å². The number of carbonyl (C=O) groups excluding carboxylic acids is 1. The van der Waals surface area contributed by atoms with Crippen molar-refractivity contribution in [3.63, 3.8) is 0 Å². The first kappa shape index (κ1) is 20.6. The van der Waals surface area contributed by atoms with Crippen molar-refractivity contribution in [3.8, 4) is 0 Å². The number of rotatable bonds is 4. The first-order chi connectivity index (χ1) is 14.4. The summed E-state index contributed by atoms with van der Waals surface area (Å²) in [4.78, 5) is 17.8. The van der Waals surface area contributed by atoms with Crippen LogP contribution in [0.3, 0.4) is 0 Å². The van der Waals surface area contributed by atoms with Crippen LogP contribution in [0.25, 0.3) is 0 Å². The number of likely N-dealkylation sites (N-methyl/N-ethyl adjacent to an activating group) is 1. The van der Waals surface area contributed by atoms with Gasteiger partial charge in [-0.2, -0.15) is 5.10 Å². The van der Waals surface area contributed by atoms with Crippen molar-refractivity contribution in [1.82, 2.24) is 14.8 Å². The van der Waals surface area contributed by atoms with Gasteiger partial charge in [0.25, 0.3) is 5.91 Å². The Bertz CT molecular complexity index is 941. The molecule has 5 nitrogen and oxygen atoms in total. The predicted octanol–water partition coefficient (Wildman–Crippen LogP) is 3.28. The molecule has 158 valence electrons. The Labute approximate surface area is 175 Å². The van der Waals surface area contributed by atoms with Crippen molar-refractivity contribution in [2.24, 2.45) is 5.10 Å². The third-order valence-corrected chi connectivity index (χ3v) is 6.00. The normalized spacial score (nSPS) is 21.5. The predicted molar refractivity (Wildman–Crippen MR) is 112 cm³/mol. The van der Waals surface area contributed by atoms with Crippen molar-refractivity contribution in [2.75, 3.05) is 33.2 Å². The average molecular weight is 412 g/mol. The van der Waals surface area contributed by atoms with E-state index in [4.69, 9.17) is 0 Å². The van der Waals surface area contributed by atoms with E-state index in [-0.39, 0.29) is 23.6 Å². The molecule has 7 heteroatoms. The van der Waals surface area contributed by atoms with Gasteiger partial charge >= 0.3 is 0 Å². The summed E-state index contributed by atoms with van der Waals surface area (Å²) in [5.74, 6) is -1.19. The minimum atomic E-state index is -0.539. The highest BCUT2D eigenvalue weighted by Gasteiger charge is 2.37. The minimum absolute atomic E-state index is 0.110. The molecule has 0 spiro atoms. The highest BCUT2D eigenvalue weighted by Crippen LogP contribution is 2.34. The van der Waals surface area contributed by atoms with Crippen LogP contribution in [0.2, 0.25) is 0 Å². The zero-order chi connectivity index (χ0) is 21.3. The third kappa shape index (κ3) is 4.13. The molecule has 1 saturated heterocycles. The van der Waals surface area contributed by atoms with Gasteiger partial charge in [0, 0.05) is 38.2 Å². The molecular weight excluding hydrogens is 386 g/mol. The average Bonchev–Trinajstić information content (AvgIpc) is 3.21. The van der Waals surface area contributed by atoms with Gasteiger partial charge in [0.1, 0.15) is 11.6 Å². The van der Waals surface area contributed by atoms with Crippen LogP contribution < -0.4 is 0 Å². The highest BCUT2D eigenvalue weighted by molar-refractivity contribution is 6.03. The van der Waals surface area contributed by atoms with Crippen molar-refractivity contribution < 1.29 is 13.6 Å². The van der Waals surface area contributed by atoms with Gasteiger partial charge in [-0.3, -0.25) is 9.69 Å². The molecule has 2 aliphatic rings. The van der Waals surface area contributed by atoms with Crippen molar-refractivity contribution >= 4 is 11.6 Å². The molecule has 0 N–H and O–H groups in total. The molecular formula is C23H26F2N4O. The number of halogens is 2. The molecule has 0 aromatic heterocycles. The molecule has 0 saturated carbocycles. The number of piperazine rings is 1. The Kier molecular flexibility index (Phi) is 5.92. The topological polar surface area (TPSA) is 39.2 Å². The Hall–Kier alpha value is -2.64. The lowest BCUT2D eigenvalue weighted by molar-refractivity contribution is -0.139. The fourth-order valence-corrected chi connectivity index (χ4v) is 4.09. The molecule has 4 rings (SSSR count). The number of nitrogens with zero attached hydrogens (tertiary/aromatic N) is 4. The molecule has 2 aromatic carbocycles. The van der Waals surface area contributed by atoms with Crippen molar-refractivity contribution in [3.05, 3.63) is 71.3 Å². The standard InChI is InChI=1S/C23H26F2N4O/c1-16(28-12-10-27(2)11-13-28)23(30)29-22(17-6-4-3-5-7-17)15-21(26-29)19-14-18(24)8-9-20(19)25/h3-9,14,16,22H,10-13,15H2,1-2H3. The second-order valence-electron chi connectivity index (χ2n) is 8.00. The maximum Gasteiger partial charge on any atom is 0.260 e. The first-order valence-corrected chi connectivity index (χ1v) is 10.3. The maximum atomic E-state index is 14.4. The van der Waals surface area contributed by atoms with E-state index in [1.54, 1.807) is 0 Å². The Balaban J connectivity index is 1.65. The zero-order valence-electron chi connectivity index (χ0n) is 17.3. The lowest BCUT2D eigenvalue weighted by Gasteiger charge is -2.37. The van der Waals surface area contributed by atoms with Gasteiger partial charge < -0.3 is 4.90 Å². The molecule has 2 atom stereocenters. The molecule has 1 amide bonds. The minimum Gasteiger partial charge on any atom is -0.304 e. The van der Waals surface area contributed by atoms with E-state index >= 15 is 0 Å². The fourth-order valence-electron chi connectivity index (χ4n) is 4.09. The molecule has 0 aliphatic carbocycles. The summed E-state index contributed by atoms with van der Waals surface area (Å²) in [7, 11) is 2.07. The first-order valence-electron chi connectivity index (χ1n) is 10.3. The molecule has 2 unspecified atom stereocenters. The van der Waals surface area contributed by atoms with E-state index in [0.29, 0.717) is 12.1 Å². The largest absolute Gasteiger partial charge is 0.304 e. The molecule has 2 aromatic rings. The van der Waals surface area contributed by atoms with E-state index < -0.39 is 11.6 Å². The summed E-state index contributed by atoms with van der Waals surface area (Å²) in [5, 5.41) is 5.98. The molecule has 2 heterocycles.